The van der Waals surface area contributed by atoms with Gasteiger partial charge in [0.1, 0.15) is 0 Å². The van der Waals surface area contributed by atoms with Gasteiger partial charge in [-0.15, -0.1) is 0 Å². The van der Waals surface area contributed by atoms with Crippen LogP contribution in [0.5, 0.6) is 0 Å². The Hall–Kier alpha value is 0. The highest BCUT2D eigenvalue weighted by molar-refractivity contribution is 5.28. The SMILES string of the molecule is C1CCC1.C1CCC1.C1CCCC2CC3(C2)CC24CC(CCC1)C2CC34. The Morgan fingerprint density at radius 1 is 0.538 bits per heavy atom. The van der Waals surface area contributed by atoms with Crippen LogP contribution in [-0.2, 0) is 0 Å². The van der Waals surface area contributed by atoms with Crippen LogP contribution in [-0.4, -0.2) is 0 Å². The molecule has 0 nitrogen and oxygen atoms in total. The zero-order chi connectivity index (χ0) is 17.5. The zero-order valence-electron chi connectivity index (χ0n) is 17.5. The van der Waals surface area contributed by atoms with E-state index in [1.165, 1.54) is 88.4 Å². The van der Waals surface area contributed by atoms with E-state index in [1.54, 1.807) is 57.8 Å². The second-order valence-corrected chi connectivity index (χ2v) is 11.6. The largest absolute Gasteiger partial charge is 0.0533 e. The van der Waals surface area contributed by atoms with Gasteiger partial charge in [-0.3, -0.25) is 0 Å². The van der Waals surface area contributed by atoms with Crippen LogP contribution < -0.4 is 0 Å². The van der Waals surface area contributed by atoms with Crippen LogP contribution in [0.3, 0.4) is 0 Å². The first kappa shape index (κ1) is 18.1. The van der Waals surface area contributed by atoms with Crippen LogP contribution in [0, 0.1) is 34.5 Å². The van der Waals surface area contributed by atoms with Crippen molar-refractivity contribution in [1.29, 1.82) is 0 Å². The minimum absolute atomic E-state index is 0.927. The van der Waals surface area contributed by atoms with Crippen LogP contribution in [0.15, 0.2) is 0 Å². The van der Waals surface area contributed by atoms with Crippen LogP contribution in [0.4, 0.5) is 0 Å². The van der Waals surface area contributed by atoms with E-state index >= 15 is 0 Å². The summed E-state index contributed by atoms with van der Waals surface area (Å²) in [6, 6.07) is 0. The van der Waals surface area contributed by atoms with Crippen molar-refractivity contribution in [3.05, 3.63) is 0 Å². The maximum Gasteiger partial charge on any atom is -0.0225 e. The lowest BCUT2D eigenvalue weighted by Crippen LogP contribution is -2.77. The van der Waals surface area contributed by atoms with Gasteiger partial charge < -0.3 is 0 Å². The summed E-state index contributed by atoms with van der Waals surface area (Å²) >= 11 is 0. The summed E-state index contributed by atoms with van der Waals surface area (Å²) in [5.41, 5.74) is 1.88. The third-order valence-electron chi connectivity index (χ3n) is 10.1. The van der Waals surface area contributed by atoms with Gasteiger partial charge in [0.05, 0.1) is 0 Å². The van der Waals surface area contributed by atoms with Gasteiger partial charge in [0.25, 0.3) is 0 Å². The summed E-state index contributed by atoms with van der Waals surface area (Å²) in [6.07, 6.45) is 31.2. The first-order chi connectivity index (χ1) is 12.8. The summed E-state index contributed by atoms with van der Waals surface area (Å²) in [4.78, 5) is 0. The van der Waals surface area contributed by atoms with Crippen molar-refractivity contribution < 1.29 is 0 Å². The highest BCUT2D eigenvalue weighted by Gasteiger charge is 2.79. The molecule has 10 aliphatic carbocycles. The van der Waals surface area contributed by atoms with Crippen molar-refractivity contribution in [1.82, 2.24) is 0 Å². The monoisotopic (exact) mass is 356 g/mol. The van der Waals surface area contributed by atoms with Crippen molar-refractivity contribution in [2.75, 3.05) is 0 Å². The van der Waals surface area contributed by atoms with Crippen LogP contribution in [0.25, 0.3) is 0 Å². The summed E-state index contributed by atoms with van der Waals surface area (Å²) in [5.74, 6) is 4.78. The molecule has 10 fully saturated rings. The Balaban J connectivity index is 0.000000156. The molecule has 4 unspecified atom stereocenters. The third-order valence-corrected chi connectivity index (χ3v) is 10.1. The summed E-state index contributed by atoms with van der Waals surface area (Å²) in [6.45, 7) is 0. The molecule has 0 amide bonds. The molecule has 4 atom stereocenters. The first-order valence-electron chi connectivity index (χ1n) is 12.8. The van der Waals surface area contributed by atoms with Crippen molar-refractivity contribution in [2.24, 2.45) is 34.5 Å². The average Bonchev–Trinajstić information content (AvgIpc) is 2.44. The van der Waals surface area contributed by atoms with E-state index in [2.05, 4.69) is 0 Å². The molecular formula is C26H44. The fourth-order valence-corrected chi connectivity index (χ4v) is 7.98. The fourth-order valence-electron chi connectivity index (χ4n) is 7.98. The van der Waals surface area contributed by atoms with E-state index in [1.807, 2.05) is 0 Å². The third kappa shape index (κ3) is 3.00. The van der Waals surface area contributed by atoms with Gasteiger partial charge in [0.2, 0.25) is 0 Å². The molecule has 2 spiro atoms. The second kappa shape index (κ2) is 7.44. The topological polar surface area (TPSA) is 0 Å². The standard InChI is InChI=1S/C18H28.2C4H8/c1-2-4-6-13-9-17(10-13)12-18-11-14(7-5-3-1)15(18)8-16(17)18;2*1-2-4-3-1/h13-16H,1-12H2;2*1-4H2. The molecule has 0 saturated heterocycles. The van der Waals surface area contributed by atoms with Crippen molar-refractivity contribution in [3.63, 3.8) is 0 Å². The quantitative estimate of drug-likeness (QED) is 0.409. The summed E-state index contributed by atoms with van der Waals surface area (Å²) in [7, 11) is 0. The van der Waals surface area contributed by atoms with Crippen LogP contribution in [0.1, 0.15) is 128 Å². The van der Waals surface area contributed by atoms with E-state index in [0.717, 1.165) is 16.7 Å². The van der Waals surface area contributed by atoms with Gasteiger partial charge in [-0.1, -0.05) is 96.3 Å². The maximum atomic E-state index is 1.68. The molecule has 0 aromatic heterocycles. The molecule has 0 heterocycles. The average molecular weight is 357 g/mol. The molecule has 26 heavy (non-hydrogen) atoms. The Labute approximate surface area is 163 Å². The normalized spacial score (nSPS) is 49.8. The Morgan fingerprint density at radius 3 is 1.58 bits per heavy atom. The van der Waals surface area contributed by atoms with Crippen LogP contribution >= 0.6 is 0 Å². The van der Waals surface area contributed by atoms with Crippen molar-refractivity contribution in [2.45, 2.75) is 128 Å². The van der Waals surface area contributed by atoms with E-state index < -0.39 is 0 Å². The first-order valence-corrected chi connectivity index (χ1v) is 12.8. The molecule has 10 aliphatic rings. The molecule has 0 heteroatoms. The lowest BCUT2D eigenvalue weighted by molar-refractivity contribution is -0.357. The number of hydrogen-bond donors (Lipinski definition) is 0. The minimum atomic E-state index is 0.927. The molecule has 0 radical (unpaired) electrons. The van der Waals surface area contributed by atoms with Gasteiger partial charge in [0.15, 0.2) is 0 Å². The predicted molar refractivity (Wildman–Crippen MR) is 111 cm³/mol. The molecule has 0 aromatic carbocycles. The van der Waals surface area contributed by atoms with E-state index in [4.69, 9.17) is 0 Å². The maximum absolute atomic E-state index is 1.68. The lowest BCUT2D eigenvalue weighted by Gasteiger charge is -2.84. The zero-order valence-corrected chi connectivity index (χ0v) is 17.5. The van der Waals surface area contributed by atoms with Crippen molar-refractivity contribution >= 4 is 0 Å². The molecule has 0 N–H and O–H groups in total. The van der Waals surface area contributed by atoms with Gasteiger partial charge in [-0.2, -0.15) is 0 Å². The van der Waals surface area contributed by atoms with Gasteiger partial charge in [0, 0.05) is 0 Å². The molecule has 148 valence electrons. The Morgan fingerprint density at radius 2 is 1.08 bits per heavy atom. The van der Waals surface area contributed by atoms with E-state index in [-0.39, 0.29) is 0 Å². The molecule has 6 bridgehead atoms. The van der Waals surface area contributed by atoms with E-state index in [0.29, 0.717) is 0 Å². The molecule has 0 aliphatic heterocycles. The highest BCUT2D eigenvalue weighted by Crippen LogP contribution is 2.87. The molecular weight excluding hydrogens is 312 g/mol. The summed E-state index contributed by atoms with van der Waals surface area (Å²) < 4.78 is 0. The van der Waals surface area contributed by atoms with Gasteiger partial charge >= 0.3 is 0 Å². The Bertz CT molecular complexity index is 439. The Kier molecular flexibility index (Phi) is 5.17. The second-order valence-electron chi connectivity index (χ2n) is 11.6. The van der Waals surface area contributed by atoms with Gasteiger partial charge in [-0.25, -0.2) is 0 Å². The lowest BCUT2D eigenvalue weighted by atomic mass is 9.20. The van der Waals surface area contributed by atoms with Crippen LogP contribution in [0.2, 0.25) is 0 Å². The van der Waals surface area contributed by atoms with Crippen molar-refractivity contribution in [3.8, 4) is 0 Å². The fraction of sp³-hybridized carbons (Fsp3) is 1.00. The number of rotatable bonds is 0. The molecule has 0 aromatic rings. The highest BCUT2D eigenvalue weighted by atomic mass is 14.8. The molecule has 10 rings (SSSR count). The smallest absolute Gasteiger partial charge is 0.0225 e. The minimum Gasteiger partial charge on any atom is -0.0533 e. The predicted octanol–water partition coefficient (Wildman–Crippen LogP) is 8.29. The van der Waals surface area contributed by atoms with Gasteiger partial charge in [-0.05, 0) is 66.6 Å². The summed E-state index contributed by atoms with van der Waals surface area (Å²) in [5, 5.41) is 0. The number of hydrogen-bond acceptors (Lipinski definition) is 0. The molecule has 10 saturated carbocycles. The van der Waals surface area contributed by atoms with E-state index in [9.17, 15) is 0 Å².